The predicted molar refractivity (Wildman–Crippen MR) is 97.2 cm³/mol. The molecule has 4 nitrogen and oxygen atoms in total. The molecule has 140 valence electrons. The Labute approximate surface area is 147 Å². The minimum atomic E-state index is -0.534. The number of hydrogen-bond acceptors (Lipinski definition) is 4. The Morgan fingerprint density at radius 2 is 1.79 bits per heavy atom. The van der Waals surface area contributed by atoms with E-state index in [1.54, 1.807) is 0 Å². The van der Waals surface area contributed by atoms with Gasteiger partial charge in [0.15, 0.2) is 0 Å². The van der Waals surface area contributed by atoms with Crippen LogP contribution in [0, 0.1) is 0 Å². The molecule has 24 heavy (non-hydrogen) atoms. The first-order chi connectivity index (χ1) is 11.2. The fraction of sp³-hybridized carbons (Fsp3) is 0.850. The van der Waals surface area contributed by atoms with Gasteiger partial charge in [-0.3, -0.25) is 0 Å². The maximum absolute atomic E-state index is 11.2. The van der Waals surface area contributed by atoms with Gasteiger partial charge in [0, 0.05) is 0 Å². The minimum absolute atomic E-state index is 0.0155. The number of epoxide rings is 1. The van der Waals surface area contributed by atoms with Gasteiger partial charge in [-0.1, -0.05) is 39.3 Å². The van der Waals surface area contributed by atoms with Crippen LogP contribution in [-0.2, 0) is 14.2 Å². The lowest BCUT2D eigenvalue weighted by molar-refractivity contribution is 0.0359. The predicted octanol–water partition coefficient (Wildman–Crippen LogP) is 5.79. The topological polar surface area (TPSA) is 48.1 Å². The van der Waals surface area contributed by atoms with Gasteiger partial charge in [0.05, 0.1) is 11.7 Å². The van der Waals surface area contributed by atoms with Crippen LogP contribution in [0.3, 0.4) is 0 Å². The van der Waals surface area contributed by atoms with E-state index >= 15 is 0 Å². The molecule has 0 aromatic heterocycles. The molecule has 0 saturated carbocycles. The van der Waals surface area contributed by atoms with Crippen molar-refractivity contribution in [1.29, 1.82) is 0 Å². The third-order valence-corrected chi connectivity index (χ3v) is 5.36. The van der Waals surface area contributed by atoms with Crippen LogP contribution in [0.15, 0.2) is 11.6 Å². The van der Waals surface area contributed by atoms with Crippen LogP contribution in [0.4, 0.5) is 4.79 Å². The van der Waals surface area contributed by atoms with E-state index in [1.807, 2.05) is 13.8 Å². The Balaban J connectivity index is 0.000000351. The number of allylic oxidation sites excluding steroid dienone is 2. The molecule has 4 atom stereocenters. The van der Waals surface area contributed by atoms with Crippen LogP contribution in [0.5, 0.6) is 0 Å². The molecular formula is C20H36O4. The highest BCUT2D eigenvalue weighted by atomic mass is 16.8. The molecule has 0 aliphatic carbocycles. The summed E-state index contributed by atoms with van der Waals surface area (Å²) in [4.78, 5) is 11.2. The Hall–Kier alpha value is -1.03. The fourth-order valence-electron chi connectivity index (χ4n) is 3.12. The first-order valence-electron chi connectivity index (χ1n) is 9.47. The van der Waals surface area contributed by atoms with Crippen molar-refractivity contribution in [3.63, 3.8) is 0 Å². The average Bonchev–Trinajstić information content (AvgIpc) is 3.12. The van der Waals surface area contributed by atoms with Gasteiger partial charge in [-0.2, -0.15) is 0 Å². The number of ether oxygens (including phenoxy) is 3. The first kappa shape index (κ1) is 21.0. The zero-order valence-electron chi connectivity index (χ0n) is 16.6. The third kappa shape index (κ3) is 5.51. The molecule has 2 saturated heterocycles. The van der Waals surface area contributed by atoms with Gasteiger partial charge < -0.3 is 14.2 Å². The molecule has 2 heterocycles. The van der Waals surface area contributed by atoms with Crippen LogP contribution in [0.1, 0.15) is 87.0 Å². The van der Waals surface area contributed by atoms with E-state index in [0.717, 1.165) is 25.7 Å². The van der Waals surface area contributed by atoms with Gasteiger partial charge in [0.2, 0.25) is 0 Å². The lowest BCUT2D eigenvalue weighted by Crippen LogP contribution is -2.36. The number of rotatable bonds is 7. The second kappa shape index (κ2) is 8.89. The average molecular weight is 341 g/mol. The van der Waals surface area contributed by atoms with E-state index < -0.39 is 11.8 Å². The Bertz CT molecular complexity index is 445. The van der Waals surface area contributed by atoms with Crippen molar-refractivity contribution in [2.24, 2.45) is 0 Å². The summed E-state index contributed by atoms with van der Waals surface area (Å²) in [6.45, 7) is 14.7. The minimum Gasteiger partial charge on any atom is -0.427 e. The highest BCUT2D eigenvalue weighted by Gasteiger charge is 2.53. The van der Waals surface area contributed by atoms with Crippen molar-refractivity contribution in [1.82, 2.24) is 0 Å². The van der Waals surface area contributed by atoms with Crippen molar-refractivity contribution in [3.8, 4) is 0 Å². The zero-order valence-corrected chi connectivity index (χ0v) is 16.6. The van der Waals surface area contributed by atoms with Crippen molar-refractivity contribution < 1.29 is 19.0 Å². The summed E-state index contributed by atoms with van der Waals surface area (Å²) in [5.41, 5.74) is 1.02. The molecule has 0 bridgehead atoms. The molecule has 0 aromatic carbocycles. The molecule has 2 fully saturated rings. The van der Waals surface area contributed by atoms with Gasteiger partial charge in [0.1, 0.15) is 11.7 Å². The Morgan fingerprint density at radius 1 is 1.12 bits per heavy atom. The van der Waals surface area contributed by atoms with Crippen molar-refractivity contribution >= 4 is 6.16 Å². The molecule has 2 rings (SSSR count). The standard InChI is InChI=1S/C13H22O4.C7H14/c1-5-9-13(4,16-9)8-7-10-12(3,6-2)17-11(14)15-10;1-4-6-7(3)5-2/h9-10H,5-8H2,1-4H3;6H,4-5H2,1-3H3. The number of hydrogen-bond donors (Lipinski definition) is 0. The lowest BCUT2D eigenvalue weighted by Gasteiger charge is -2.25. The van der Waals surface area contributed by atoms with E-state index in [1.165, 1.54) is 18.4 Å². The molecule has 0 spiro atoms. The van der Waals surface area contributed by atoms with Crippen LogP contribution in [0.2, 0.25) is 0 Å². The smallest absolute Gasteiger partial charge is 0.427 e. The van der Waals surface area contributed by atoms with Crippen molar-refractivity contribution in [2.45, 2.75) is 110 Å². The summed E-state index contributed by atoms with van der Waals surface area (Å²) < 4.78 is 16.2. The molecule has 0 aromatic rings. The molecule has 0 N–H and O–H groups in total. The van der Waals surface area contributed by atoms with E-state index in [-0.39, 0.29) is 11.7 Å². The van der Waals surface area contributed by atoms with Gasteiger partial charge in [-0.05, 0) is 59.3 Å². The maximum atomic E-state index is 11.2. The van der Waals surface area contributed by atoms with Gasteiger partial charge in [0.25, 0.3) is 0 Å². The van der Waals surface area contributed by atoms with E-state index in [9.17, 15) is 4.79 Å². The maximum Gasteiger partial charge on any atom is 0.509 e. The highest BCUT2D eigenvalue weighted by molar-refractivity contribution is 5.63. The monoisotopic (exact) mass is 340 g/mol. The van der Waals surface area contributed by atoms with Crippen LogP contribution >= 0.6 is 0 Å². The second-order valence-electron chi connectivity index (χ2n) is 7.30. The van der Waals surface area contributed by atoms with E-state index in [2.05, 4.69) is 40.7 Å². The summed E-state index contributed by atoms with van der Waals surface area (Å²) in [5, 5.41) is 0. The third-order valence-electron chi connectivity index (χ3n) is 5.36. The highest BCUT2D eigenvalue weighted by Crippen LogP contribution is 2.44. The van der Waals surface area contributed by atoms with Gasteiger partial charge in [-0.15, -0.1) is 0 Å². The molecule has 4 heteroatoms. The van der Waals surface area contributed by atoms with Crippen LogP contribution in [-0.4, -0.2) is 29.6 Å². The summed E-state index contributed by atoms with van der Waals surface area (Å²) in [6, 6.07) is 0. The normalized spacial score (nSPS) is 35.0. The van der Waals surface area contributed by atoms with Crippen molar-refractivity contribution in [3.05, 3.63) is 11.6 Å². The summed E-state index contributed by atoms with van der Waals surface area (Å²) in [7, 11) is 0. The summed E-state index contributed by atoms with van der Waals surface area (Å²) >= 11 is 0. The number of carbonyl (C=O) groups excluding carboxylic acids is 1. The molecule has 0 radical (unpaired) electrons. The molecule has 4 unspecified atom stereocenters. The molecule has 2 aliphatic rings. The van der Waals surface area contributed by atoms with E-state index in [0.29, 0.717) is 6.10 Å². The second-order valence-corrected chi connectivity index (χ2v) is 7.30. The quantitative estimate of drug-likeness (QED) is 0.334. The van der Waals surface area contributed by atoms with Gasteiger partial charge >= 0.3 is 6.16 Å². The SMILES string of the molecule is CCC1OC1(C)CCC1OC(=O)OC1(C)CC.CCC=C(C)CC. The molecular weight excluding hydrogens is 304 g/mol. The largest absolute Gasteiger partial charge is 0.509 e. The Morgan fingerprint density at radius 3 is 2.21 bits per heavy atom. The zero-order chi connectivity index (χ0) is 18.4. The number of cyclic esters (lactones) is 2. The van der Waals surface area contributed by atoms with E-state index in [4.69, 9.17) is 14.2 Å². The Kier molecular flexibility index (Phi) is 7.78. The summed E-state index contributed by atoms with van der Waals surface area (Å²) in [6.07, 6.45) is 7.89. The first-order valence-corrected chi connectivity index (χ1v) is 9.47. The van der Waals surface area contributed by atoms with Crippen molar-refractivity contribution in [2.75, 3.05) is 0 Å². The molecule has 2 aliphatic heterocycles. The van der Waals surface area contributed by atoms with Crippen LogP contribution < -0.4 is 0 Å². The van der Waals surface area contributed by atoms with Crippen LogP contribution in [0.25, 0.3) is 0 Å². The molecule has 0 amide bonds. The van der Waals surface area contributed by atoms with Gasteiger partial charge in [-0.25, -0.2) is 4.79 Å². The number of carbonyl (C=O) groups is 1. The lowest BCUT2D eigenvalue weighted by atomic mass is 9.89. The summed E-state index contributed by atoms with van der Waals surface area (Å²) in [5.74, 6) is 0. The fourth-order valence-corrected chi connectivity index (χ4v) is 3.12.